The van der Waals surface area contributed by atoms with Crippen molar-refractivity contribution in [2.24, 2.45) is 23.2 Å². The number of nitrogens with zero attached hydrogens (tertiary/aromatic N) is 1. The number of hydrogen-bond acceptors (Lipinski definition) is 6. The quantitative estimate of drug-likeness (QED) is 0.382. The number of aliphatic hydroxyl groups is 1. The number of benzene rings is 2. The lowest BCUT2D eigenvalue weighted by molar-refractivity contribution is 0.0452. The number of fused-ring (bicyclic) bond motifs is 4. The van der Waals surface area contributed by atoms with Gasteiger partial charge in [-0.05, 0) is 96.7 Å². The second kappa shape index (κ2) is 10.9. The summed E-state index contributed by atoms with van der Waals surface area (Å²) in [6.07, 6.45) is 8.09. The number of nitrogens with one attached hydrogen (secondary N) is 1. The van der Waals surface area contributed by atoms with Crippen LogP contribution in [0.4, 0.5) is 5.69 Å². The van der Waals surface area contributed by atoms with Gasteiger partial charge >= 0.3 is 0 Å². The van der Waals surface area contributed by atoms with E-state index in [0.29, 0.717) is 25.4 Å². The minimum atomic E-state index is -3.92. The third-order valence-corrected chi connectivity index (χ3v) is 12.2. The number of hydrogen-bond donors (Lipinski definition) is 2. The van der Waals surface area contributed by atoms with E-state index in [9.17, 15) is 18.3 Å². The number of aryl methyl sites for hydroxylation is 1. The van der Waals surface area contributed by atoms with E-state index < -0.39 is 27.4 Å². The molecule has 2 aliphatic carbocycles. The van der Waals surface area contributed by atoms with E-state index in [1.807, 2.05) is 39.0 Å². The van der Waals surface area contributed by atoms with Crippen LogP contribution in [0.1, 0.15) is 67.9 Å². The Morgan fingerprint density at radius 2 is 1.93 bits per heavy atom. The molecular weight excluding hydrogens is 572 g/mol. The van der Waals surface area contributed by atoms with Gasteiger partial charge in [-0.15, -0.1) is 0 Å². The lowest BCUT2D eigenvalue weighted by Gasteiger charge is -2.45. The number of halogens is 1. The summed E-state index contributed by atoms with van der Waals surface area (Å²) in [4.78, 5) is 15.7. The highest BCUT2D eigenvalue weighted by Gasteiger charge is 2.44. The van der Waals surface area contributed by atoms with Crippen molar-refractivity contribution in [3.63, 3.8) is 0 Å². The van der Waals surface area contributed by atoms with E-state index in [1.165, 1.54) is 11.1 Å². The van der Waals surface area contributed by atoms with Crippen molar-refractivity contribution < 1.29 is 23.1 Å². The maximum Gasteiger partial charge on any atom is 0.264 e. The first-order valence-electron chi connectivity index (χ1n) is 15.1. The summed E-state index contributed by atoms with van der Waals surface area (Å²) in [7, 11) is -3.92. The molecule has 0 aromatic heterocycles. The van der Waals surface area contributed by atoms with Gasteiger partial charge in [0.2, 0.25) is 10.0 Å². The molecule has 2 N–H and O–H groups in total. The maximum absolute atomic E-state index is 13.3. The molecule has 6 rings (SSSR count). The highest BCUT2D eigenvalue weighted by Crippen LogP contribution is 2.47. The number of allylic oxidation sites excluding steroid dienone is 1. The Bertz CT molecular complexity index is 1520. The molecule has 2 aliphatic heterocycles. The highest BCUT2D eigenvalue weighted by atomic mass is 35.5. The second-order valence-corrected chi connectivity index (χ2v) is 15.8. The molecule has 2 aromatic rings. The predicted octanol–water partition coefficient (Wildman–Crippen LogP) is 5.49. The fourth-order valence-corrected chi connectivity index (χ4v) is 9.26. The van der Waals surface area contributed by atoms with Gasteiger partial charge in [0.15, 0.2) is 0 Å². The summed E-state index contributed by atoms with van der Waals surface area (Å²) < 4.78 is 35.1. The van der Waals surface area contributed by atoms with Crippen LogP contribution in [0.25, 0.3) is 0 Å². The van der Waals surface area contributed by atoms with Crippen LogP contribution in [-0.2, 0) is 21.9 Å². The fourth-order valence-electron chi connectivity index (χ4n) is 7.35. The molecule has 1 saturated carbocycles. The van der Waals surface area contributed by atoms with Gasteiger partial charge in [-0.25, -0.2) is 13.1 Å². The van der Waals surface area contributed by atoms with Gasteiger partial charge in [0, 0.05) is 29.1 Å². The van der Waals surface area contributed by atoms with Crippen molar-refractivity contribution in [3.8, 4) is 5.75 Å². The van der Waals surface area contributed by atoms with E-state index in [0.717, 1.165) is 42.8 Å². The number of ether oxygens (including phenoxy) is 1. The molecule has 0 saturated heterocycles. The molecular formula is C33H41ClN2O5S. The number of carbonyl (C=O) groups is 1. The predicted molar refractivity (Wildman–Crippen MR) is 166 cm³/mol. The topological polar surface area (TPSA) is 95.9 Å². The van der Waals surface area contributed by atoms with Crippen molar-refractivity contribution >= 4 is 33.2 Å². The summed E-state index contributed by atoms with van der Waals surface area (Å²) in [6.45, 7) is 7.60. The minimum absolute atomic E-state index is 0.112. The molecule has 2 bridgehead atoms. The SMILES string of the molecule is C[C@H]1/C=C\[C@H](O)[C@@H]2CC[C@H]2CN2C[C@@]3(CCCc4cc(Cl)ccc43)COc3ccc(cc32)C(=O)NS(=O)(=O)CC1(C)C. The van der Waals surface area contributed by atoms with E-state index in [1.54, 1.807) is 18.2 Å². The number of aliphatic hydroxyl groups excluding tert-OH is 1. The summed E-state index contributed by atoms with van der Waals surface area (Å²) in [6, 6.07) is 11.4. The van der Waals surface area contributed by atoms with Gasteiger partial charge in [0.25, 0.3) is 5.91 Å². The fraction of sp³-hybridized carbons (Fsp3) is 0.545. The van der Waals surface area contributed by atoms with E-state index in [2.05, 4.69) is 21.8 Å². The zero-order valence-electron chi connectivity index (χ0n) is 24.6. The molecule has 9 heteroatoms. The summed E-state index contributed by atoms with van der Waals surface area (Å²) in [5.41, 5.74) is 2.67. The van der Waals surface area contributed by atoms with Crippen LogP contribution in [-0.4, -0.2) is 51.0 Å². The molecule has 1 amide bonds. The van der Waals surface area contributed by atoms with Crippen molar-refractivity contribution in [3.05, 3.63) is 70.3 Å². The maximum atomic E-state index is 13.3. The first-order valence-corrected chi connectivity index (χ1v) is 17.1. The number of rotatable bonds is 0. The molecule has 7 nitrogen and oxygen atoms in total. The lowest BCUT2D eigenvalue weighted by atomic mass is 9.68. The third kappa shape index (κ3) is 5.58. The number of sulfonamides is 1. The third-order valence-electron chi connectivity index (χ3n) is 10.3. The Kier molecular flexibility index (Phi) is 7.64. The Labute approximate surface area is 254 Å². The molecule has 42 heavy (non-hydrogen) atoms. The van der Waals surface area contributed by atoms with Crippen LogP contribution < -0.4 is 14.4 Å². The Balaban J connectivity index is 1.42. The number of carbonyl (C=O) groups excluding carboxylic acids is 1. The van der Waals surface area contributed by atoms with Crippen LogP contribution in [0.3, 0.4) is 0 Å². The molecule has 2 heterocycles. The molecule has 2 aromatic carbocycles. The summed E-state index contributed by atoms with van der Waals surface area (Å²) in [5, 5.41) is 12.0. The van der Waals surface area contributed by atoms with Crippen LogP contribution >= 0.6 is 11.6 Å². The first kappa shape index (κ1) is 29.5. The average molecular weight is 613 g/mol. The van der Waals surface area contributed by atoms with Gasteiger partial charge in [0.1, 0.15) is 5.75 Å². The monoisotopic (exact) mass is 612 g/mol. The molecule has 0 radical (unpaired) electrons. The summed E-state index contributed by atoms with van der Waals surface area (Å²) in [5.74, 6) is 0.0809. The Hall–Kier alpha value is -2.55. The lowest BCUT2D eigenvalue weighted by Crippen LogP contribution is -2.49. The Morgan fingerprint density at radius 1 is 1.12 bits per heavy atom. The number of anilines is 1. The van der Waals surface area contributed by atoms with E-state index in [4.69, 9.17) is 16.3 Å². The molecule has 5 atom stereocenters. The minimum Gasteiger partial charge on any atom is -0.490 e. The van der Waals surface area contributed by atoms with Gasteiger partial charge in [-0.3, -0.25) is 4.79 Å². The van der Waals surface area contributed by atoms with Gasteiger partial charge in [-0.1, -0.05) is 50.6 Å². The molecule has 0 unspecified atom stereocenters. The Morgan fingerprint density at radius 3 is 2.69 bits per heavy atom. The van der Waals surface area contributed by atoms with Crippen LogP contribution in [0.5, 0.6) is 5.75 Å². The van der Waals surface area contributed by atoms with Gasteiger partial charge in [0.05, 0.1) is 24.2 Å². The largest absolute Gasteiger partial charge is 0.490 e. The smallest absolute Gasteiger partial charge is 0.264 e. The van der Waals surface area contributed by atoms with Gasteiger partial charge in [-0.2, -0.15) is 0 Å². The molecule has 4 aliphatic rings. The zero-order valence-corrected chi connectivity index (χ0v) is 26.2. The average Bonchev–Trinajstić information content (AvgIpc) is 3.05. The number of amides is 1. The zero-order chi connectivity index (χ0) is 29.9. The second-order valence-electron chi connectivity index (χ2n) is 13.6. The van der Waals surface area contributed by atoms with Gasteiger partial charge < -0.3 is 14.7 Å². The van der Waals surface area contributed by atoms with Crippen molar-refractivity contribution in [2.75, 3.05) is 30.3 Å². The summed E-state index contributed by atoms with van der Waals surface area (Å²) >= 11 is 6.39. The first-order chi connectivity index (χ1) is 19.9. The van der Waals surface area contributed by atoms with Crippen molar-refractivity contribution in [2.45, 2.75) is 64.4 Å². The molecule has 1 spiro atoms. The van der Waals surface area contributed by atoms with Crippen molar-refractivity contribution in [1.29, 1.82) is 0 Å². The van der Waals surface area contributed by atoms with Crippen molar-refractivity contribution in [1.82, 2.24) is 4.72 Å². The van der Waals surface area contributed by atoms with E-state index in [-0.39, 0.29) is 34.5 Å². The molecule has 226 valence electrons. The van der Waals surface area contributed by atoms with Crippen LogP contribution in [0.15, 0.2) is 48.6 Å². The van der Waals surface area contributed by atoms with Crippen LogP contribution in [0, 0.1) is 23.2 Å². The van der Waals surface area contributed by atoms with E-state index >= 15 is 0 Å². The van der Waals surface area contributed by atoms with Crippen LogP contribution in [0.2, 0.25) is 5.02 Å². The normalized spacial score (nSPS) is 32.8. The molecule has 1 fully saturated rings. The highest BCUT2D eigenvalue weighted by molar-refractivity contribution is 7.90. The standard InChI is InChI=1S/C33H41ClN2O5S/c1-21-6-12-29(37)26-10-7-24(26)17-36-18-33(14-4-5-22-15-25(34)9-11-27(22)33)19-41-30-13-8-23(16-28(30)36)31(38)35-42(39,40)20-32(21,2)3/h6,8-9,11-13,15-16,21,24,26,29,37H,4-5,7,10,14,17-20H2,1-3H3,(H,35,38)/b12-6-/t21-,24-,26+,29-,33-/m0/s1.